The fourth-order valence-electron chi connectivity index (χ4n) is 2.21. The number of hydrogen-bond donors (Lipinski definition) is 2. The number of carbonyl (C=O) groups is 2. The average molecular weight is 297 g/mol. The predicted molar refractivity (Wildman–Crippen MR) is 77.4 cm³/mol. The van der Waals surface area contributed by atoms with E-state index >= 15 is 0 Å². The summed E-state index contributed by atoms with van der Waals surface area (Å²) in [6, 6.07) is 4.05. The molecule has 0 unspecified atom stereocenters. The molecule has 0 aliphatic carbocycles. The molecule has 108 valence electrons. The number of piperidine rings is 1. The molecule has 1 heterocycles. The molecule has 0 aromatic heterocycles. The first-order valence-corrected chi connectivity index (χ1v) is 6.94. The van der Waals surface area contributed by atoms with Crippen LogP contribution in [0.4, 0.5) is 10.5 Å². The average Bonchev–Trinajstić information content (AvgIpc) is 2.39. The summed E-state index contributed by atoms with van der Waals surface area (Å²) in [5.41, 5.74) is 0.266. The SMILES string of the molecule is CC1CCN(C(=O)Nc2cc(Cl)ccc2C(=O)O)CC1. The number of carboxylic acids is 1. The number of nitrogens with one attached hydrogen (secondary N) is 1. The molecule has 0 bridgehead atoms. The van der Waals surface area contributed by atoms with E-state index in [1.54, 1.807) is 4.90 Å². The normalized spacial score (nSPS) is 16.0. The summed E-state index contributed by atoms with van der Waals surface area (Å²) in [5, 5.41) is 12.1. The summed E-state index contributed by atoms with van der Waals surface area (Å²) < 4.78 is 0. The number of halogens is 1. The largest absolute Gasteiger partial charge is 0.478 e. The van der Waals surface area contributed by atoms with Crippen LogP contribution in [0.15, 0.2) is 18.2 Å². The second-order valence-electron chi connectivity index (χ2n) is 5.09. The highest BCUT2D eigenvalue weighted by Crippen LogP contribution is 2.23. The van der Waals surface area contributed by atoms with Crippen LogP contribution >= 0.6 is 11.6 Å². The van der Waals surface area contributed by atoms with E-state index in [1.807, 2.05) is 0 Å². The van der Waals surface area contributed by atoms with Crippen LogP contribution in [0, 0.1) is 5.92 Å². The third kappa shape index (κ3) is 3.42. The number of anilines is 1. The van der Waals surface area contributed by atoms with E-state index in [0.717, 1.165) is 12.8 Å². The Labute approximate surface area is 122 Å². The van der Waals surface area contributed by atoms with Crippen LogP contribution in [0.5, 0.6) is 0 Å². The summed E-state index contributed by atoms with van der Waals surface area (Å²) >= 11 is 5.85. The Morgan fingerprint density at radius 3 is 2.60 bits per heavy atom. The van der Waals surface area contributed by atoms with Gasteiger partial charge in [0.25, 0.3) is 0 Å². The first kappa shape index (κ1) is 14.7. The van der Waals surface area contributed by atoms with Crippen LogP contribution in [-0.2, 0) is 0 Å². The van der Waals surface area contributed by atoms with E-state index in [4.69, 9.17) is 16.7 Å². The topological polar surface area (TPSA) is 69.6 Å². The maximum absolute atomic E-state index is 12.1. The van der Waals surface area contributed by atoms with Crippen molar-refractivity contribution in [3.05, 3.63) is 28.8 Å². The van der Waals surface area contributed by atoms with E-state index in [-0.39, 0.29) is 17.3 Å². The molecule has 1 saturated heterocycles. The zero-order valence-electron chi connectivity index (χ0n) is 11.2. The van der Waals surface area contributed by atoms with Gasteiger partial charge in [-0.2, -0.15) is 0 Å². The molecule has 0 radical (unpaired) electrons. The van der Waals surface area contributed by atoms with Crippen molar-refractivity contribution in [2.45, 2.75) is 19.8 Å². The number of benzene rings is 1. The minimum atomic E-state index is -1.09. The van der Waals surface area contributed by atoms with Crippen molar-refractivity contribution < 1.29 is 14.7 Å². The molecule has 0 atom stereocenters. The zero-order chi connectivity index (χ0) is 14.7. The van der Waals surface area contributed by atoms with Gasteiger partial charge in [0.15, 0.2) is 0 Å². The van der Waals surface area contributed by atoms with Crippen molar-refractivity contribution >= 4 is 29.3 Å². The van der Waals surface area contributed by atoms with Crippen molar-refractivity contribution in [2.75, 3.05) is 18.4 Å². The van der Waals surface area contributed by atoms with Crippen molar-refractivity contribution in [1.29, 1.82) is 0 Å². The molecule has 1 aliphatic heterocycles. The van der Waals surface area contributed by atoms with Crippen molar-refractivity contribution in [3.8, 4) is 0 Å². The molecule has 2 amide bonds. The molecule has 0 spiro atoms. The van der Waals surface area contributed by atoms with Gasteiger partial charge in [0.1, 0.15) is 0 Å². The second-order valence-corrected chi connectivity index (χ2v) is 5.53. The van der Waals surface area contributed by atoms with E-state index in [1.165, 1.54) is 18.2 Å². The molecular formula is C14H17ClN2O3. The van der Waals surface area contributed by atoms with E-state index in [2.05, 4.69) is 12.2 Å². The third-order valence-corrected chi connectivity index (χ3v) is 3.76. The highest BCUT2D eigenvalue weighted by molar-refractivity contribution is 6.31. The van der Waals surface area contributed by atoms with Crippen LogP contribution in [-0.4, -0.2) is 35.1 Å². The fourth-order valence-corrected chi connectivity index (χ4v) is 2.38. The molecule has 5 nitrogen and oxygen atoms in total. The summed E-state index contributed by atoms with van der Waals surface area (Å²) in [7, 11) is 0. The Morgan fingerprint density at radius 2 is 2.00 bits per heavy atom. The number of rotatable bonds is 2. The van der Waals surface area contributed by atoms with Crippen molar-refractivity contribution in [3.63, 3.8) is 0 Å². The molecule has 20 heavy (non-hydrogen) atoms. The van der Waals surface area contributed by atoms with Crippen LogP contribution in [0.25, 0.3) is 0 Å². The maximum atomic E-state index is 12.1. The van der Waals surface area contributed by atoms with Gasteiger partial charge in [-0.25, -0.2) is 9.59 Å². The number of likely N-dealkylation sites (tertiary alicyclic amines) is 1. The van der Waals surface area contributed by atoms with Gasteiger partial charge in [-0.3, -0.25) is 0 Å². The van der Waals surface area contributed by atoms with Gasteiger partial charge in [-0.15, -0.1) is 0 Å². The first-order valence-electron chi connectivity index (χ1n) is 6.56. The van der Waals surface area contributed by atoms with Crippen LogP contribution in [0.3, 0.4) is 0 Å². The quantitative estimate of drug-likeness (QED) is 0.879. The van der Waals surface area contributed by atoms with Gasteiger partial charge < -0.3 is 15.3 Å². The smallest absolute Gasteiger partial charge is 0.337 e. The Kier molecular flexibility index (Phi) is 4.49. The summed E-state index contributed by atoms with van der Waals surface area (Å²) in [6.07, 6.45) is 1.93. The number of aromatic carboxylic acids is 1. The van der Waals surface area contributed by atoms with Crippen LogP contribution in [0.1, 0.15) is 30.1 Å². The summed E-state index contributed by atoms with van der Waals surface area (Å²) in [5.74, 6) is -0.468. The highest BCUT2D eigenvalue weighted by Gasteiger charge is 2.21. The molecule has 1 fully saturated rings. The van der Waals surface area contributed by atoms with Gasteiger partial charge in [0.2, 0.25) is 0 Å². The monoisotopic (exact) mass is 296 g/mol. The number of nitrogens with zero attached hydrogens (tertiary/aromatic N) is 1. The maximum Gasteiger partial charge on any atom is 0.337 e. The fraction of sp³-hybridized carbons (Fsp3) is 0.429. The first-order chi connectivity index (χ1) is 9.47. The van der Waals surface area contributed by atoms with E-state index < -0.39 is 5.97 Å². The predicted octanol–water partition coefficient (Wildman–Crippen LogP) is 3.30. The Balaban J connectivity index is 2.11. The molecule has 1 aliphatic rings. The minimum absolute atomic E-state index is 0.0353. The van der Waals surface area contributed by atoms with Gasteiger partial charge in [-0.05, 0) is 37.0 Å². The number of urea groups is 1. The second kappa shape index (κ2) is 6.13. The molecule has 6 heteroatoms. The lowest BCUT2D eigenvalue weighted by Gasteiger charge is -2.30. The number of carbonyl (C=O) groups excluding carboxylic acids is 1. The van der Waals surface area contributed by atoms with E-state index in [9.17, 15) is 9.59 Å². The van der Waals surface area contributed by atoms with Gasteiger partial charge in [-0.1, -0.05) is 18.5 Å². The van der Waals surface area contributed by atoms with Gasteiger partial charge in [0.05, 0.1) is 11.3 Å². The zero-order valence-corrected chi connectivity index (χ0v) is 12.0. The molecule has 1 aromatic carbocycles. The highest BCUT2D eigenvalue weighted by atomic mass is 35.5. The summed E-state index contributed by atoms with van der Waals surface area (Å²) in [4.78, 5) is 25.0. The Morgan fingerprint density at radius 1 is 1.35 bits per heavy atom. The van der Waals surface area contributed by atoms with Crippen molar-refractivity contribution in [1.82, 2.24) is 4.90 Å². The molecule has 0 saturated carbocycles. The van der Waals surface area contributed by atoms with Gasteiger partial charge in [0, 0.05) is 18.1 Å². The Bertz CT molecular complexity index is 525. The number of hydrogen-bond acceptors (Lipinski definition) is 2. The lowest BCUT2D eigenvalue weighted by Crippen LogP contribution is -2.40. The molecule has 2 rings (SSSR count). The number of carboxylic acid groups (broad SMARTS) is 1. The lowest BCUT2D eigenvalue weighted by molar-refractivity contribution is 0.0698. The lowest BCUT2D eigenvalue weighted by atomic mass is 10.00. The van der Waals surface area contributed by atoms with Crippen LogP contribution < -0.4 is 5.32 Å². The molecular weight excluding hydrogens is 280 g/mol. The standard InChI is InChI=1S/C14H17ClN2O3/c1-9-4-6-17(7-5-9)14(20)16-12-8-10(15)2-3-11(12)13(18)19/h2-3,8-9H,4-7H2,1H3,(H,16,20)(H,18,19). The third-order valence-electron chi connectivity index (χ3n) is 3.52. The van der Waals surface area contributed by atoms with E-state index in [0.29, 0.717) is 24.0 Å². The van der Waals surface area contributed by atoms with Crippen molar-refractivity contribution in [2.24, 2.45) is 5.92 Å². The van der Waals surface area contributed by atoms with Gasteiger partial charge >= 0.3 is 12.0 Å². The molecule has 1 aromatic rings. The summed E-state index contributed by atoms with van der Waals surface area (Å²) in [6.45, 7) is 3.54. The Hall–Kier alpha value is -1.75. The number of amides is 2. The minimum Gasteiger partial charge on any atom is -0.478 e. The molecule has 2 N–H and O–H groups in total. The van der Waals surface area contributed by atoms with Crippen LogP contribution in [0.2, 0.25) is 5.02 Å².